The fourth-order valence-corrected chi connectivity index (χ4v) is 4.59. The molecule has 1 spiro atoms. The van der Waals surface area contributed by atoms with Crippen LogP contribution >= 0.6 is 0 Å². The normalized spacial score (nSPS) is 41.9. The van der Waals surface area contributed by atoms with Gasteiger partial charge in [0.05, 0.1) is 25.2 Å². The monoisotopic (exact) mass is 456 g/mol. The van der Waals surface area contributed by atoms with Crippen LogP contribution in [0.2, 0.25) is 0 Å². The van der Waals surface area contributed by atoms with Gasteiger partial charge in [-0.1, -0.05) is 0 Å². The molecule has 4 aliphatic rings. The lowest BCUT2D eigenvalue weighted by molar-refractivity contribution is -0.230. The Balaban J connectivity index is 1.66. The number of nitrogens with one attached hydrogen (secondary N) is 4. The number of rotatable bonds is 1. The molecule has 4 saturated heterocycles. The van der Waals surface area contributed by atoms with Crippen molar-refractivity contribution >= 4 is 17.7 Å². The summed E-state index contributed by atoms with van der Waals surface area (Å²) in [5, 5.41) is 11.2. The van der Waals surface area contributed by atoms with Crippen LogP contribution in [0.1, 0.15) is 34.6 Å². The van der Waals surface area contributed by atoms with E-state index in [0.29, 0.717) is 0 Å². The summed E-state index contributed by atoms with van der Waals surface area (Å²) in [7, 11) is 0. The Hall–Kier alpha value is -1.83. The van der Waals surface area contributed by atoms with Crippen molar-refractivity contribution in [2.24, 2.45) is 0 Å². The van der Waals surface area contributed by atoms with E-state index in [1.165, 1.54) is 0 Å². The summed E-state index contributed by atoms with van der Waals surface area (Å²) in [6.07, 6.45) is -2.53. The molecular formula is C20H32N4O8. The Labute approximate surface area is 186 Å². The maximum atomic E-state index is 12.6. The van der Waals surface area contributed by atoms with Crippen LogP contribution in [0.4, 0.5) is 0 Å². The number of hydrogen-bond acceptors (Lipinski definition) is 9. The van der Waals surface area contributed by atoms with E-state index in [0.717, 1.165) is 0 Å². The van der Waals surface area contributed by atoms with Crippen LogP contribution in [-0.4, -0.2) is 91.7 Å². The van der Waals surface area contributed by atoms with E-state index in [4.69, 9.17) is 23.7 Å². The van der Waals surface area contributed by atoms with Crippen LogP contribution in [-0.2, 0) is 38.1 Å². The average molecular weight is 456 g/mol. The van der Waals surface area contributed by atoms with Gasteiger partial charge in [0.1, 0.15) is 24.4 Å². The Morgan fingerprint density at radius 1 is 0.875 bits per heavy atom. The first kappa shape index (κ1) is 23.3. The van der Waals surface area contributed by atoms with Crippen molar-refractivity contribution in [3.63, 3.8) is 0 Å². The molecule has 0 saturated carbocycles. The first-order valence-electron chi connectivity index (χ1n) is 10.8. The van der Waals surface area contributed by atoms with Crippen LogP contribution in [0, 0.1) is 0 Å². The van der Waals surface area contributed by atoms with Gasteiger partial charge in [0.15, 0.2) is 17.9 Å². The number of amides is 3. The first-order valence-corrected chi connectivity index (χ1v) is 10.8. The number of carbonyl (C=O) groups excluding carboxylic acids is 3. The third kappa shape index (κ3) is 4.47. The molecule has 32 heavy (non-hydrogen) atoms. The third-order valence-corrected chi connectivity index (χ3v) is 6.07. The molecule has 12 nitrogen and oxygen atoms in total. The van der Waals surface area contributed by atoms with E-state index in [2.05, 4.69) is 21.3 Å². The first-order chi connectivity index (χ1) is 14.9. The Morgan fingerprint density at radius 2 is 1.62 bits per heavy atom. The summed E-state index contributed by atoms with van der Waals surface area (Å²) in [4.78, 5) is 37.2. The molecule has 0 aromatic heterocycles. The zero-order valence-electron chi connectivity index (χ0n) is 19.0. The van der Waals surface area contributed by atoms with E-state index < -0.39 is 53.7 Å². The lowest BCUT2D eigenvalue weighted by Crippen LogP contribution is -2.69. The molecule has 0 bridgehead atoms. The number of fused-ring (bicyclic) bond motifs is 2. The fourth-order valence-electron chi connectivity index (χ4n) is 4.59. The van der Waals surface area contributed by atoms with Crippen LogP contribution in [0.3, 0.4) is 0 Å². The van der Waals surface area contributed by atoms with E-state index in [9.17, 15) is 14.4 Å². The SMILES string of the molecule is C[C@@H]1NC(=O)CN[C@]2(CNC(=O)CNC1=O)[C@@H]([C@H]1COC(C)(C)O1)O[C@@H]1OC(C)(C)O[C@@H]12. The molecule has 4 N–H and O–H groups in total. The summed E-state index contributed by atoms with van der Waals surface area (Å²) in [5.41, 5.74) is -1.06. The lowest BCUT2D eigenvalue weighted by atomic mass is 9.84. The van der Waals surface area contributed by atoms with Gasteiger partial charge in [-0.3, -0.25) is 19.7 Å². The van der Waals surface area contributed by atoms with Crippen LogP contribution < -0.4 is 21.3 Å². The molecular weight excluding hydrogens is 424 g/mol. The van der Waals surface area contributed by atoms with Gasteiger partial charge in [-0.15, -0.1) is 0 Å². The molecule has 0 aromatic carbocycles. The molecule has 0 radical (unpaired) electrons. The van der Waals surface area contributed by atoms with Crippen molar-refractivity contribution in [2.75, 3.05) is 26.2 Å². The van der Waals surface area contributed by atoms with Gasteiger partial charge in [-0.05, 0) is 34.6 Å². The maximum Gasteiger partial charge on any atom is 0.242 e. The summed E-state index contributed by atoms with van der Waals surface area (Å²) in [6, 6.07) is -0.798. The minimum Gasteiger partial charge on any atom is -0.353 e. The summed E-state index contributed by atoms with van der Waals surface area (Å²) in [5.74, 6) is -2.94. The molecule has 12 heteroatoms. The predicted octanol–water partition coefficient (Wildman–Crippen LogP) is -1.91. The molecule has 4 rings (SSSR count). The van der Waals surface area contributed by atoms with E-state index >= 15 is 0 Å². The smallest absolute Gasteiger partial charge is 0.242 e. The molecule has 4 fully saturated rings. The van der Waals surface area contributed by atoms with Crippen LogP contribution in [0.15, 0.2) is 0 Å². The van der Waals surface area contributed by atoms with Crippen LogP contribution in [0.5, 0.6) is 0 Å². The number of carbonyl (C=O) groups is 3. The highest BCUT2D eigenvalue weighted by Gasteiger charge is 2.66. The molecule has 4 heterocycles. The van der Waals surface area contributed by atoms with E-state index in [-0.39, 0.29) is 38.1 Å². The van der Waals surface area contributed by atoms with E-state index in [1.54, 1.807) is 34.6 Å². The Bertz CT molecular complexity index is 790. The number of ether oxygens (including phenoxy) is 5. The highest BCUT2D eigenvalue weighted by Crippen LogP contribution is 2.45. The summed E-state index contributed by atoms with van der Waals surface area (Å²) < 4.78 is 30.2. The third-order valence-electron chi connectivity index (χ3n) is 6.07. The maximum absolute atomic E-state index is 12.6. The molecule has 3 amide bonds. The van der Waals surface area contributed by atoms with Gasteiger partial charge in [0.2, 0.25) is 17.7 Å². The van der Waals surface area contributed by atoms with Gasteiger partial charge in [0.25, 0.3) is 0 Å². The van der Waals surface area contributed by atoms with Crippen molar-refractivity contribution in [2.45, 2.75) is 82.4 Å². The van der Waals surface area contributed by atoms with Gasteiger partial charge in [-0.25, -0.2) is 0 Å². The van der Waals surface area contributed by atoms with Crippen molar-refractivity contribution in [3.8, 4) is 0 Å². The zero-order chi connectivity index (χ0) is 23.3. The van der Waals surface area contributed by atoms with Crippen molar-refractivity contribution in [3.05, 3.63) is 0 Å². The number of hydrogen-bond donors (Lipinski definition) is 4. The van der Waals surface area contributed by atoms with Gasteiger partial charge in [-0.2, -0.15) is 0 Å². The van der Waals surface area contributed by atoms with Gasteiger partial charge in [0, 0.05) is 6.54 Å². The summed E-state index contributed by atoms with van der Waals surface area (Å²) in [6.45, 7) is 8.64. The minimum atomic E-state index is -1.06. The highest BCUT2D eigenvalue weighted by atomic mass is 16.8. The Morgan fingerprint density at radius 3 is 2.31 bits per heavy atom. The minimum absolute atomic E-state index is 0.0517. The molecule has 4 aliphatic heterocycles. The standard InChI is InChI=1S/C20H32N4O8/c1-10-16(27)21-6-12(25)22-9-20(23-7-13(26)24-10)14(11-8-28-18(2,3)30-11)29-17-15(20)31-19(4,5)32-17/h10-11,14-15,17,23H,6-9H2,1-5H3,(H,21,27)(H,22,25)(H,24,26)/t10-,11+,14+,15-,17+,20+/m0/s1. The second-order valence-corrected chi connectivity index (χ2v) is 9.53. The molecule has 180 valence electrons. The second-order valence-electron chi connectivity index (χ2n) is 9.53. The average Bonchev–Trinajstić information content (AvgIpc) is 3.30. The van der Waals surface area contributed by atoms with E-state index in [1.807, 2.05) is 0 Å². The van der Waals surface area contributed by atoms with Crippen molar-refractivity contribution in [1.29, 1.82) is 0 Å². The lowest BCUT2D eigenvalue weighted by Gasteiger charge is -2.41. The molecule has 0 aliphatic carbocycles. The highest BCUT2D eigenvalue weighted by molar-refractivity contribution is 5.90. The fraction of sp³-hybridized carbons (Fsp3) is 0.850. The Kier molecular flexibility index (Phi) is 5.97. The van der Waals surface area contributed by atoms with Crippen molar-refractivity contribution < 1.29 is 38.1 Å². The van der Waals surface area contributed by atoms with Crippen molar-refractivity contribution in [1.82, 2.24) is 21.3 Å². The zero-order valence-corrected chi connectivity index (χ0v) is 19.0. The molecule has 0 aromatic rings. The van der Waals surface area contributed by atoms with Gasteiger partial charge < -0.3 is 39.6 Å². The predicted molar refractivity (Wildman–Crippen MR) is 108 cm³/mol. The molecule has 6 atom stereocenters. The topological polar surface area (TPSA) is 145 Å². The van der Waals surface area contributed by atoms with Gasteiger partial charge >= 0.3 is 0 Å². The summed E-state index contributed by atoms with van der Waals surface area (Å²) >= 11 is 0. The van der Waals surface area contributed by atoms with Crippen LogP contribution in [0.25, 0.3) is 0 Å². The largest absolute Gasteiger partial charge is 0.353 e. The second kappa shape index (κ2) is 8.19. The quantitative estimate of drug-likeness (QED) is 0.355. The molecule has 0 unspecified atom stereocenters.